The molecule has 6 heteroatoms. The summed E-state index contributed by atoms with van der Waals surface area (Å²) < 4.78 is 0. The van der Waals surface area contributed by atoms with Gasteiger partial charge in [0.15, 0.2) is 0 Å². The number of nitrogens with zero attached hydrogens (tertiary/aromatic N) is 3. The summed E-state index contributed by atoms with van der Waals surface area (Å²) in [5, 5.41) is 4.38. The zero-order valence-electron chi connectivity index (χ0n) is 18.6. The first-order chi connectivity index (χ1) is 15.1. The molecule has 0 atom stereocenters. The summed E-state index contributed by atoms with van der Waals surface area (Å²) >= 11 is 1.98. The quantitative estimate of drug-likeness (QED) is 0.759. The summed E-state index contributed by atoms with van der Waals surface area (Å²) in [5.74, 6) is 0.648. The molecule has 0 radical (unpaired) electrons. The predicted molar refractivity (Wildman–Crippen MR) is 127 cm³/mol. The normalized spacial score (nSPS) is 21.3. The Labute approximate surface area is 189 Å². The van der Waals surface area contributed by atoms with Crippen LogP contribution in [0.25, 0.3) is 0 Å². The fourth-order valence-electron chi connectivity index (χ4n) is 5.07. The molecule has 5 rings (SSSR count). The highest BCUT2D eigenvalue weighted by Gasteiger charge is 2.29. The minimum absolute atomic E-state index is 0.0827. The average Bonchev–Trinajstić information content (AvgIpc) is 3.04. The van der Waals surface area contributed by atoms with Crippen LogP contribution in [-0.4, -0.2) is 59.5 Å². The molecule has 1 saturated heterocycles. The van der Waals surface area contributed by atoms with E-state index in [1.807, 2.05) is 35.6 Å². The van der Waals surface area contributed by atoms with Gasteiger partial charge in [-0.15, -0.1) is 11.3 Å². The summed E-state index contributed by atoms with van der Waals surface area (Å²) in [6.07, 6.45) is 8.73. The highest BCUT2D eigenvalue weighted by molar-refractivity contribution is 7.11. The van der Waals surface area contributed by atoms with Crippen molar-refractivity contribution in [1.29, 1.82) is 0 Å². The van der Waals surface area contributed by atoms with Crippen molar-refractivity contribution >= 4 is 22.9 Å². The molecule has 1 amide bonds. The maximum Gasteiger partial charge on any atom is 0.238 e. The molecular formula is C25H34N4OS. The fourth-order valence-corrected chi connectivity index (χ4v) is 6.34. The largest absolute Gasteiger partial charge is 0.325 e. The number of rotatable bonds is 5. The minimum atomic E-state index is 0.0827. The van der Waals surface area contributed by atoms with Crippen LogP contribution in [0.4, 0.5) is 5.69 Å². The number of hydrogen-bond donors (Lipinski definition) is 1. The molecule has 1 saturated carbocycles. The van der Waals surface area contributed by atoms with Gasteiger partial charge < -0.3 is 5.32 Å². The molecule has 2 aliphatic heterocycles. The van der Waals surface area contributed by atoms with Crippen LogP contribution < -0.4 is 5.32 Å². The Morgan fingerprint density at radius 3 is 2.52 bits per heavy atom. The van der Waals surface area contributed by atoms with Crippen molar-refractivity contribution in [2.24, 2.45) is 0 Å². The van der Waals surface area contributed by atoms with Gasteiger partial charge in [0.05, 0.1) is 17.2 Å². The topological polar surface area (TPSA) is 48.5 Å². The van der Waals surface area contributed by atoms with E-state index in [9.17, 15) is 4.79 Å². The fraction of sp³-hybridized carbons (Fsp3) is 0.600. The lowest BCUT2D eigenvalue weighted by molar-refractivity contribution is -0.117. The SMILES string of the molecule is Cc1ccc(NC(=O)CN2CCC(c3nc4c(s3)CCN(C3CCC3)CC4)CC2)cc1. The molecule has 3 aliphatic rings. The number of anilines is 1. The van der Waals surface area contributed by atoms with E-state index in [2.05, 4.69) is 22.0 Å². The van der Waals surface area contributed by atoms with Crippen molar-refractivity contribution in [1.82, 2.24) is 14.8 Å². The third-order valence-electron chi connectivity index (χ3n) is 7.29. The molecule has 3 heterocycles. The van der Waals surface area contributed by atoms with Crippen LogP contribution in [0, 0.1) is 6.92 Å². The number of carbonyl (C=O) groups excluding carboxylic acids is 1. The van der Waals surface area contributed by atoms with Crippen LogP contribution in [-0.2, 0) is 17.6 Å². The molecule has 31 heavy (non-hydrogen) atoms. The summed E-state index contributed by atoms with van der Waals surface area (Å²) in [7, 11) is 0. The van der Waals surface area contributed by atoms with Gasteiger partial charge in [-0.1, -0.05) is 24.1 Å². The van der Waals surface area contributed by atoms with E-state index in [-0.39, 0.29) is 5.91 Å². The van der Waals surface area contributed by atoms with Crippen molar-refractivity contribution in [3.05, 3.63) is 45.4 Å². The van der Waals surface area contributed by atoms with E-state index in [4.69, 9.17) is 4.98 Å². The van der Waals surface area contributed by atoms with E-state index in [0.717, 1.165) is 44.1 Å². The highest BCUT2D eigenvalue weighted by Crippen LogP contribution is 2.35. The molecule has 166 valence electrons. The number of thiazole rings is 1. The predicted octanol–water partition coefficient (Wildman–Crippen LogP) is 4.22. The lowest BCUT2D eigenvalue weighted by atomic mass is 9.91. The molecule has 0 bridgehead atoms. The summed E-state index contributed by atoms with van der Waals surface area (Å²) in [6.45, 7) is 6.90. The molecule has 2 fully saturated rings. The van der Waals surface area contributed by atoms with Crippen LogP contribution in [0.15, 0.2) is 24.3 Å². The Bertz CT molecular complexity index is 871. The monoisotopic (exact) mass is 438 g/mol. The molecule has 1 aromatic heterocycles. The van der Waals surface area contributed by atoms with Crippen molar-refractivity contribution < 1.29 is 4.79 Å². The Morgan fingerprint density at radius 1 is 1.06 bits per heavy atom. The van der Waals surface area contributed by atoms with Crippen LogP contribution in [0.2, 0.25) is 0 Å². The van der Waals surface area contributed by atoms with E-state index in [1.54, 1.807) is 0 Å². The smallest absolute Gasteiger partial charge is 0.238 e. The number of nitrogens with one attached hydrogen (secondary N) is 1. The lowest BCUT2D eigenvalue weighted by Crippen LogP contribution is -2.41. The number of carbonyl (C=O) groups is 1. The second kappa shape index (κ2) is 9.39. The first-order valence-electron chi connectivity index (χ1n) is 12.0. The average molecular weight is 439 g/mol. The van der Waals surface area contributed by atoms with Crippen molar-refractivity contribution in [2.75, 3.05) is 38.0 Å². The molecule has 0 spiro atoms. The maximum atomic E-state index is 12.4. The Balaban J connectivity index is 1.10. The molecule has 2 aromatic rings. The molecule has 5 nitrogen and oxygen atoms in total. The first-order valence-corrected chi connectivity index (χ1v) is 12.8. The third-order valence-corrected chi connectivity index (χ3v) is 8.61. The van der Waals surface area contributed by atoms with E-state index >= 15 is 0 Å². The zero-order chi connectivity index (χ0) is 21.2. The van der Waals surface area contributed by atoms with Gasteiger partial charge in [0.1, 0.15) is 0 Å². The lowest BCUT2D eigenvalue weighted by Gasteiger charge is -2.36. The van der Waals surface area contributed by atoms with E-state index in [1.165, 1.54) is 59.9 Å². The van der Waals surface area contributed by atoms with Crippen molar-refractivity contribution in [3.63, 3.8) is 0 Å². The Morgan fingerprint density at radius 2 is 1.81 bits per heavy atom. The number of aromatic nitrogens is 1. The van der Waals surface area contributed by atoms with Crippen LogP contribution >= 0.6 is 11.3 Å². The van der Waals surface area contributed by atoms with Gasteiger partial charge in [-0.3, -0.25) is 14.6 Å². The summed E-state index contributed by atoms with van der Waals surface area (Å²) in [5.41, 5.74) is 3.46. The van der Waals surface area contributed by atoms with Crippen molar-refractivity contribution in [3.8, 4) is 0 Å². The van der Waals surface area contributed by atoms with Gasteiger partial charge in [-0.25, -0.2) is 4.98 Å². The van der Waals surface area contributed by atoms with Gasteiger partial charge in [0.2, 0.25) is 5.91 Å². The Kier molecular flexibility index (Phi) is 6.39. The molecule has 1 aromatic carbocycles. The van der Waals surface area contributed by atoms with Crippen LogP contribution in [0.5, 0.6) is 0 Å². The van der Waals surface area contributed by atoms with Gasteiger partial charge in [0.25, 0.3) is 0 Å². The van der Waals surface area contributed by atoms with E-state index < -0.39 is 0 Å². The number of fused-ring (bicyclic) bond motifs is 1. The molecule has 0 unspecified atom stereocenters. The third kappa shape index (κ3) is 5.02. The number of amides is 1. The number of hydrogen-bond acceptors (Lipinski definition) is 5. The van der Waals surface area contributed by atoms with Gasteiger partial charge >= 0.3 is 0 Å². The summed E-state index contributed by atoms with van der Waals surface area (Å²) in [4.78, 5) is 24.1. The number of aryl methyl sites for hydroxylation is 1. The van der Waals surface area contributed by atoms with Crippen LogP contribution in [0.1, 0.15) is 59.2 Å². The van der Waals surface area contributed by atoms with Gasteiger partial charge in [-0.2, -0.15) is 0 Å². The second-order valence-electron chi connectivity index (χ2n) is 9.51. The molecule has 1 aliphatic carbocycles. The maximum absolute atomic E-state index is 12.4. The first kappa shape index (κ1) is 21.1. The zero-order valence-corrected chi connectivity index (χ0v) is 19.4. The second-order valence-corrected chi connectivity index (χ2v) is 10.6. The summed E-state index contributed by atoms with van der Waals surface area (Å²) in [6, 6.07) is 8.85. The number of piperidine rings is 1. The molecular weight excluding hydrogens is 404 g/mol. The number of likely N-dealkylation sites (tertiary alicyclic amines) is 1. The van der Waals surface area contributed by atoms with E-state index in [0.29, 0.717) is 12.5 Å². The molecule has 1 N–H and O–H groups in total. The van der Waals surface area contributed by atoms with Gasteiger partial charge in [0, 0.05) is 42.0 Å². The van der Waals surface area contributed by atoms with Gasteiger partial charge in [-0.05, 0) is 64.3 Å². The number of benzene rings is 1. The minimum Gasteiger partial charge on any atom is -0.325 e. The van der Waals surface area contributed by atoms with Crippen LogP contribution in [0.3, 0.4) is 0 Å². The van der Waals surface area contributed by atoms with Crippen molar-refractivity contribution in [2.45, 2.75) is 63.8 Å². The standard InChI is InChI=1S/C25H34N4OS/c1-18-5-7-20(8-6-18)26-24(30)17-28-13-9-19(10-14-28)25-27-22-11-15-29(21-3-2-4-21)16-12-23(22)31-25/h5-8,19,21H,2-4,9-17H2,1H3,(H,26,30). The Hall–Kier alpha value is -1.76. The highest BCUT2D eigenvalue weighted by atomic mass is 32.1.